The third-order valence-corrected chi connectivity index (χ3v) is 1.63. The highest BCUT2D eigenvalue weighted by Crippen LogP contribution is 2.02. The Hall–Kier alpha value is -0.970. The normalized spacial score (nSPS) is 12.8. The number of carbonyl (C=O) groups excluding carboxylic acids is 1. The molecule has 0 saturated carbocycles. The highest BCUT2D eigenvalue weighted by atomic mass is 35.5. The van der Waals surface area contributed by atoms with Crippen molar-refractivity contribution in [1.29, 1.82) is 0 Å². The van der Waals surface area contributed by atoms with Gasteiger partial charge in [-0.15, -0.1) is 12.4 Å². The van der Waals surface area contributed by atoms with Gasteiger partial charge in [0.25, 0.3) is 0 Å². The molecule has 84 valence electrons. The molecule has 1 aliphatic rings. The summed E-state index contributed by atoms with van der Waals surface area (Å²) in [7, 11) is 0. The fraction of sp³-hybridized carbons (Fsp3) is 0.750. The SMILES string of the molecule is CCCC(=O)O.Cl.NC(=O)N1CCC1. The number of primary amides is 1. The number of halogens is 1. The molecule has 0 atom stereocenters. The minimum Gasteiger partial charge on any atom is -0.481 e. The number of nitrogens with two attached hydrogens (primary N) is 1. The first-order chi connectivity index (χ1) is 6.07. The van der Waals surface area contributed by atoms with Crippen LogP contribution in [0, 0.1) is 0 Å². The van der Waals surface area contributed by atoms with E-state index in [1.807, 2.05) is 6.92 Å². The van der Waals surface area contributed by atoms with Gasteiger partial charge in [0.15, 0.2) is 0 Å². The Bertz CT molecular complexity index is 183. The van der Waals surface area contributed by atoms with Crippen molar-refractivity contribution in [1.82, 2.24) is 4.90 Å². The van der Waals surface area contributed by atoms with E-state index in [4.69, 9.17) is 10.8 Å². The molecular formula is C8H17ClN2O3. The number of amides is 2. The van der Waals surface area contributed by atoms with Gasteiger partial charge >= 0.3 is 12.0 Å². The Labute approximate surface area is 89.7 Å². The third-order valence-electron chi connectivity index (χ3n) is 1.63. The third kappa shape index (κ3) is 7.67. The van der Waals surface area contributed by atoms with Crippen molar-refractivity contribution in [2.24, 2.45) is 5.73 Å². The summed E-state index contributed by atoms with van der Waals surface area (Å²) in [5.74, 6) is -0.711. The molecule has 1 fully saturated rings. The second-order valence-corrected chi connectivity index (χ2v) is 2.82. The van der Waals surface area contributed by atoms with Crippen LogP contribution >= 0.6 is 12.4 Å². The van der Waals surface area contributed by atoms with E-state index in [1.54, 1.807) is 4.90 Å². The summed E-state index contributed by atoms with van der Waals surface area (Å²) in [5.41, 5.74) is 4.88. The predicted molar refractivity (Wildman–Crippen MR) is 55.6 cm³/mol. The number of carbonyl (C=O) groups is 2. The van der Waals surface area contributed by atoms with Gasteiger partial charge in [0, 0.05) is 19.5 Å². The van der Waals surface area contributed by atoms with Crippen LogP contribution in [0.4, 0.5) is 4.79 Å². The van der Waals surface area contributed by atoms with E-state index in [2.05, 4.69) is 0 Å². The number of likely N-dealkylation sites (tertiary alicyclic amines) is 1. The summed E-state index contributed by atoms with van der Waals surface area (Å²) >= 11 is 0. The molecule has 0 aromatic heterocycles. The number of urea groups is 1. The van der Waals surface area contributed by atoms with Crippen molar-refractivity contribution in [2.75, 3.05) is 13.1 Å². The van der Waals surface area contributed by atoms with Crippen molar-refractivity contribution in [3.05, 3.63) is 0 Å². The van der Waals surface area contributed by atoms with Crippen molar-refractivity contribution in [3.63, 3.8) is 0 Å². The van der Waals surface area contributed by atoms with Crippen LogP contribution in [0.2, 0.25) is 0 Å². The number of carboxylic acid groups (broad SMARTS) is 1. The summed E-state index contributed by atoms with van der Waals surface area (Å²) in [4.78, 5) is 21.3. The van der Waals surface area contributed by atoms with Gasteiger partial charge in [-0.1, -0.05) is 6.92 Å². The summed E-state index contributed by atoms with van der Waals surface area (Å²) in [6.07, 6.45) is 2.14. The average molecular weight is 225 g/mol. The molecule has 0 aromatic carbocycles. The van der Waals surface area contributed by atoms with Crippen LogP contribution in [0.25, 0.3) is 0 Å². The Morgan fingerprint density at radius 2 is 1.93 bits per heavy atom. The second-order valence-electron chi connectivity index (χ2n) is 2.82. The molecule has 0 unspecified atom stereocenters. The maximum Gasteiger partial charge on any atom is 0.314 e. The van der Waals surface area contributed by atoms with E-state index < -0.39 is 5.97 Å². The van der Waals surface area contributed by atoms with Crippen LogP contribution in [0.3, 0.4) is 0 Å². The van der Waals surface area contributed by atoms with E-state index >= 15 is 0 Å². The molecular weight excluding hydrogens is 208 g/mol. The lowest BCUT2D eigenvalue weighted by Gasteiger charge is -2.28. The Morgan fingerprint density at radius 3 is 1.93 bits per heavy atom. The Kier molecular flexibility index (Phi) is 9.54. The van der Waals surface area contributed by atoms with Crippen molar-refractivity contribution in [3.8, 4) is 0 Å². The van der Waals surface area contributed by atoms with Crippen LogP contribution in [0.1, 0.15) is 26.2 Å². The second kappa shape index (κ2) is 8.62. The van der Waals surface area contributed by atoms with E-state index in [0.717, 1.165) is 25.9 Å². The Balaban J connectivity index is 0. The monoisotopic (exact) mass is 224 g/mol. The molecule has 0 aliphatic carbocycles. The van der Waals surface area contributed by atoms with Crippen molar-refractivity contribution < 1.29 is 14.7 Å². The zero-order valence-electron chi connectivity index (χ0n) is 8.23. The summed E-state index contributed by atoms with van der Waals surface area (Å²) in [6.45, 7) is 3.55. The van der Waals surface area contributed by atoms with E-state index in [1.165, 1.54) is 0 Å². The lowest BCUT2D eigenvalue weighted by atomic mass is 10.2. The molecule has 6 heteroatoms. The highest BCUT2D eigenvalue weighted by molar-refractivity contribution is 5.85. The van der Waals surface area contributed by atoms with Crippen molar-refractivity contribution >= 4 is 24.4 Å². The fourth-order valence-corrected chi connectivity index (χ4v) is 0.750. The number of carboxylic acids is 1. The lowest BCUT2D eigenvalue weighted by molar-refractivity contribution is -0.137. The first kappa shape index (κ1) is 15.5. The van der Waals surface area contributed by atoms with Gasteiger partial charge in [0.1, 0.15) is 0 Å². The van der Waals surface area contributed by atoms with Crippen LogP contribution in [-0.4, -0.2) is 35.1 Å². The number of hydrogen-bond donors (Lipinski definition) is 2. The van der Waals surface area contributed by atoms with Crippen LogP contribution in [0.5, 0.6) is 0 Å². The summed E-state index contributed by atoms with van der Waals surface area (Å²) in [5, 5.41) is 7.91. The smallest absolute Gasteiger partial charge is 0.314 e. The molecule has 5 nitrogen and oxygen atoms in total. The predicted octanol–water partition coefficient (Wildman–Crippen LogP) is 1.06. The summed E-state index contributed by atoms with van der Waals surface area (Å²) in [6, 6.07) is -0.286. The molecule has 3 N–H and O–H groups in total. The minimum atomic E-state index is -0.711. The lowest BCUT2D eigenvalue weighted by Crippen LogP contribution is -2.45. The van der Waals surface area contributed by atoms with Gasteiger partial charge in [-0.25, -0.2) is 4.79 Å². The Morgan fingerprint density at radius 1 is 1.43 bits per heavy atom. The average Bonchev–Trinajstić information content (AvgIpc) is 1.81. The van der Waals surface area contributed by atoms with E-state index in [0.29, 0.717) is 6.42 Å². The first-order valence-electron chi connectivity index (χ1n) is 4.34. The summed E-state index contributed by atoms with van der Waals surface area (Å²) < 4.78 is 0. The molecule has 1 aliphatic heterocycles. The van der Waals surface area contributed by atoms with Gasteiger partial charge < -0.3 is 15.7 Å². The molecule has 1 heterocycles. The molecule has 0 spiro atoms. The van der Waals surface area contributed by atoms with Gasteiger partial charge in [0.2, 0.25) is 0 Å². The van der Waals surface area contributed by atoms with Crippen LogP contribution in [-0.2, 0) is 4.79 Å². The topological polar surface area (TPSA) is 83.6 Å². The molecule has 0 aromatic rings. The zero-order chi connectivity index (χ0) is 10.3. The molecule has 1 rings (SSSR count). The maximum absolute atomic E-state index is 10.1. The number of aliphatic carboxylic acids is 1. The highest BCUT2D eigenvalue weighted by Gasteiger charge is 2.15. The molecule has 1 saturated heterocycles. The molecule has 14 heavy (non-hydrogen) atoms. The standard InChI is InChI=1S/C4H8N2O.C4H8O2.ClH/c5-4(7)6-2-1-3-6;1-2-3-4(5)6;/h1-3H2,(H2,5,7);2-3H2,1H3,(H,5,6);1H. The molecule has 0 bridgehead atoms. The van der Waals surface area contributed by atoms with Crippen LogP contribution < -0.4 is 5.73 Å². The van der Waals surface area contributed by atoms with Gasteiger partial charge in [0.05, 0.1) is 0 Å². The quantitative estimate of drug-likeness (QED) is 0.736. The number of hydrogen-bond acceptors (Lipinski definition) is 2. The maximum atomic E-state index is 10.1. The molecule has 0 radical (unpaired) electrons. The van der Waals surface area contributed by atoms with E-state index in [-0.39, 0.29) is 18.4 Å². The largest absolute Gasteiger partial charge is 0.481 e. The zero-order valence-corrected chi connectivity index (χ0v) is 9.05. The van der Waals surface area contributed by atoms with Crippen molar-refractivity contribution in [2.45, 2.75) is 26.2 Å². The van der Waals surface area contributed by atoms with Crippen LogP contribution in [0.15, 0.2) is 0 Å². The molecule has 2 amide bonds. The van der Waals surface area contributed by atoms with E-state index in [9.17, 15) is 9.59 Å². The first-order valence-corrected chi connectivity index (χ1v) is 4.34. The van der Waals surface area contributed by atoms with Gasteiger partial charge in [-0.3, -0.25) is 4.79 Å². The van der Waals surface area contributed by atoms with Gasteiger partial charge in [-0.05, 0) is 12.8 Å². The fourth-order valence-electron chi connectivity index (χ4n) is 0.750. The van der Waals surface area contributed by atoms with Gasteiger partial charge in [-0.2, -0.15) is 0 Å². The number of nitrogens with zero attached hydrogens (tertiary/aromatic N) is 1. The number of rotatable bonds is 2. The minimum absolute atomic E-state index is 0.